The monoisotopic (exact) mass is 214 g/mol. The molecule has 1 heterocycles. The Hall–Kier alpha value is -1.49. The molecule has 0 fully saturated rings. The van der Waals surface area contributed by atoms with E-state index in [2.05, 4.69) is 49.1 Å². The molecule has 0 spiro atoms. The SMILES string of the molecule is CC1Cc2ccccc2N(C(C)CC#N)C1. The van der Waals surface area contributed by atoms with Gasteiger partial charge in [0.2, 0.25) is 0 Å². The van der Waals surface area contributed by atoms with Gasteiger partial charge in [-0.3, -0.25) is 0 Å². The third-order valence-electron chi connectivity index (χ3n) is 3.30. The first-order valence-corrected chi connectivity index (χ1v) is 5.94. The van der Waals surface area contributed by atoms with Crippen molar-refractivity contribution in [2.75, 3.05) is 11.4 Å². The molecule has 0 aromatic heterocycles. The number of rotatable bonds is 2. The van der Waals surface area contributed by atoms with Gasteiger partial charge in [0.15, 0.2) is 0 Å². The number of benzene rings is 1. The van der Waals surface area contributed by atoms with Gasteiger partial charge >= 0.3 is 0 Å². The number of hydrogen-bond acceptors (Lipinski definition) is 2. The summed E-state index contributed by atoms with van der Waals surface area (Å²) in [7, 11) is 0. The Bertz CT molecular complexity index is 405. The zero-order valence-corrected chi connectivity index (χ0v) is 9.98. The average molecular weight is 214 g/mol. The minimum atomic E-state index is 0.314. The maximum Gasteiger partial charge on any atom is 0.0643 e. The summed E-state index contributed by atoms with van der Waals surface area (Å²) in [5.74, 6) is 0.677. The molecular formula is C14H18N2. The van der Waals surface area contributed by atoms with E-state index in [0.717, 1.165) is 13.0 Å². The van der Waals surface area contributed by atoms with Crippen LogP contribution in [-0.2, 0) is 6.42 Å². The summed E-state index contributed by atoms with van der Waals surface area (Å²) in [6.07, 6.45) is 1.76. The van der Waals surface area contributed by atoms with Crippen LogP contribution in [0.5, 0.6) is 0 Å². The van der Waals surface area contributed by atoms with Crippen LogP contribution in [0.2, 0.25) is 0 Å². The molecule has 0 aliphatic carbocycles. The van der Waals surface area contributed by atoms with Gasteiger partial charge in [-0.1, -0.05) is 25.1 Å². The molecule has 1 aromatic carbocycles. The summed E-state index contributed by atoms with van der Waals surface area (Å²) in [5, 5.41) is 8.80. The minimum Gasteiger partial charge on any atom is -0.367 e. The number of para-hydroxylation sites is 1. The molecule has 84 valence electrons. The zero-order chi connectivity index (χ0) is 11.5. The van der Waals surface area contributed by atoms with Crippen molar-refractivity contribution in [1.82, 2.24) is 0 Å². The van der Waals surface area contributed by atoms with Gasteiger partial charge in [-0.25, -0.2) is 0 Å². The molecule has 2 nitrogen and oxygen atoms in total. The van der Waals surface area contributed by atoms with E-state index in [1.165, 1.54) is 11.3 Å². The number of fused-ring (bicyclic) bond motifs is 1. The van der Waals surface area contributed by atoms with E-state index in [1.54, 1.807) is 0 Å². The number of anilines is 1. The second-order valence-electron chi connectivity index (χ2n) is 4.80. The number of hydrogen-bond donors (Lipinski definition) is 0. The standard InChI is InChI=1S/C14H18N2/c1-11-9-13-5-3-4-6-14(13)16(10-11)12(2)7-8-15/h3-6,11-12H,7,9-10H2,1-2H3. The number of nitrogens with zero attached hydrogens (tertiary/aromatic N) is 2. The average Bonchev–Trinajstić information content (AvgIpc) is 2.28. The van der Waals surface area contributed by atoms with E-state index in [-0.39, 0.29) is 0 Å². The highest BCUT2D eigenvalue weighted by atomic mass is 15.2. The van der Waals surface area contributed by atoms with Crippen LogP contribution in [0.4, 0.5) is 5.69 Å². The van der Waals surface area contributed by atoms with Gasteiger partial charge < -0.3 is 4.90 Å². The molecule has 0 N–H and O–H groups in total. The Morgan fingerprint density at radius 3 is 3.00 bits per heavy atom. The third-order valence-corrected chi connectivity index (χ3v) is 3.30. The van der Waals surface area contributed by atoms with Gasteiger partial charge in [0.1, 0.15) is 0 Å². The molecule has 0 radical (unpaired) electrons. The van der Waals surface area contributed by atoms with Gasteiger partial charge in [-0.15, -0.1) is 0 Å². The lowest BCUT2D eigenvalue weighted by molar-refractivity contribution is 0.496. The van der Waals surface area contributed by atoms with Crippen LogP contribution in [0.15, 0.2) is 24.3 Å². The first kappa shape index (κ1) is 11.0. The molecule has 0 amide bonds. The van der Waals surface area contributed by atoms with Crippen LogP contribution in [-0.4, -0.2) is 12.6 Å². The first-order valence-electron chi connectivity index (χ1n) is 5.94. The van der Waals surface area contributed by atoms with E-state index in [1.807, 2.05) is 0 Å². The number of nitriles is 1. The van der Waals surface area contributed by atoms with Gasteiger partial charge in [0.05, 0.1) is 12.5 Å². The Morgan fingerprint density at radius 2 is 2.25 bits per heavy atom. The fourth-order valence-electron chi connectivity index (χ4n) is 2.50. The normalized spacial score (nSPS) is 21.1. The largest absolute Gasteiger partial charge is 0.367 e. The quantitative estimate of drug-likeness (QED) is 0.756. The zero-order valence-electron chi connectivity index (χ0n) is 9.98. The smallest absolute Gasteiger partial charge is 0.0643 e. The topological polar surface area (TPSA) is 27.0 Å². The van der Waals surface area contributed by atoms with Gasteiger partial charge in [0, 0.05) is 18.3 Å². The summed E-state index contributed by atoms with van der Waals surface area (Å²) < 4.78 is 0. The van der Waals surface area contributed by atoms with Crippen molar-refractivity contribution in [3.63, 3.8) is 0 Å². The van der Waals surface area contributed by atoms with Crippen LogP contribution in [0.1, 0.15) is 25.8 Å². The highest BCUT2D eigenvalue weighted by molar-refractivity contribution is 5.56. The summed E-state index contributed by atoms with van der Waals surface area (Å²) in [6, 6.07) is 11.1. The second kappa shape index (κ2) is 4.57. The lowest BCUT2D eigenvalue weighted by atomic mass is 9.92. The lowest BCUT2D eigenvalue weighted by Crippen LogP contribution is -2.40. The van der Waals surface area contributed by atoms with Crippen LogP contribution < -0.4 is 4.90 Å². The summed E-state index contributed by atoms with van der Waals surface area (Å²) in [6.45, 7) is 5.49. The van der Waals surface area contributed by atoms with Crippen molar-refractivity contribution in [3.05, 3.63) is 29.8 Å². The molecule has 0 bridgehead atoms. The molecule has 1 aliphatic rings. The van der Waals surface area contributed by atoms with E-state index in [4.69, 9.17) is 5.26 Å². The molecule has 0 saturated carbocycles. The molecule has 2 unspecified atom stereocenters. The fraction of sp³-hybridized carbons (Fsp3) is 0.500. The van der Waals surface area contributed by atoms with Crippen LogP contribution >= 0.6 is 0 Å². The molecule has 0 saturated heterocycles. The van der Waals surface area contributed by atoms with Crippen molar-refractivity contribution >= 4 is 5.69 Å². The molecule has 2 atom stereocenters. The second-order valence-corrected chi connectivity index (χ2v) is 4.80. The van der Waals surface area contributed by atoms with Crippen LogP contribution in [0.3, 0.4) is 0 Å². The Morgan fingerprint density at radius 1 is 1.50 bits per heavy atom. The van der Waals surface area contributed by atoms with Crippen LogP contribution in [0, 0.1) is 17.2 Å². The Labute approximate surface area is 97.5 Å². The third kappa shape index (κ3) is 2.04. The lowest BCUT2D eigenvalue weighted by Gasteiger charge is -2.38. The first-order chi connectivity index (χ1) is 7.72. The van der Waals surface area contributed by atoms with Crippen molar-refractivity contribution < 1.29 is 0 Å². The molecule has 2 rings (SSSR count). The molecule has 1 aromatic rings. The maximum atomic E-state index is 8.80. The molecule has 16 heavy (non-hydrogen) atoms. The predicted molar refractivity (Wildman–Crippen MR) is 66.3 cm³/mol. The molecule has 2 heteroatoms. The van der Waals surface area contributed by atoms with E-state index >= 15 is 0 Å². The van der Waals surface area contributed by atoms with Crippen molar-refractivity contribution in [2.45, 2.75) is 32.7 Å². The summed E-state index contributed by atoms with van der Waals surface area (Å²) in [5.41, 5.74) is 2.74. The van der Waals surface area contributed by atoms with Gasteiger partial charge in [0.25, 0.3) is 0 Å². The molecular weight excluding hydrogens is 196 g/mol. The van der Waals surface area contributed by atoms with Crippen molar-refractivity contribution in [1.29, 1.82) is 5.26 Å². The van der Waals surface area contributed by atoms with Gasteiger partial charge in [-0.05, 0) is 30.9 Å². The highest BCUT2D eigenvalue weighted by Gasteiger charge is 2.24. The maximum absolute atomic E-state index is 8.80. The Balaban J connectivity index is 2.30. The predicted octanol–water partition coefficient (Wildman–Crippen LogP) is 2.99. The summed E-state index contributed by atoms with van der Waals surface area (Å²) in [4.78, 5) is 2.38. The van der Waals surface area contributed by atoms with Crippen molar-refractivity contribution in [2.24, 2.45) is 5.92 Å². The van der Waals surface area contributed by atoms with Gasteiger partial charge in [-0.2, -0.15) is 5.26 Å². The highest BCUT2D eigenvalue weighted by Crippen LogP contribution is 2.31. The summed E-state index contributed by atoms with van der Waals surface area (Å²) >= 11 is 0. The minimum absolute atomic E-state index is 0.314. The molecule has 1 aliphatic heterocycles. The fourth-order valence-corrected chi connectivity index (χ4v) is 2.50. The van der Waals surface area contributed by atoms with E-state index in [0.29, 0.717) is 18.4 Å². The van der Waals surface area contributed by atoms with Crippen molar-refractivity contribution in [3.8, 4) is 6.07 Å². The van der Waals surface area contributed by atoms with E-state index in [9.17, 15) is 0 Å². The van der Waals surface area contributed by atoms with E-state index < -0.39 is 0 Å². The Kier molecular flexibility index (Phi) is 3.14. The van der Waals surface area contributed by atoms with Crippen LogP contribution in [0.25, 0.3) is 0 Å².